The summed E-state index contributed by atoms with van der Waals surface area (Å²) in [4.78, 5) is 11.8. The maximum atomic E-state index is 13.7. The zero-order valence-electron chi connectivity index (χ0n) is 9.63. The van der Waals surface area contributed by atoms with Gasteiger partial charge in [0.1, 0.15) is 5.82 Å². The van der Waals surface area contributed by atoms with Gasteiger partial charge in [-0.3, -0.25) is 0 Å². The molecule has 0 fully saturated rings. The van der Waals surface area contributed by atoms with Gasteiger partial charge < -0.3 is 5.11 Å². The largest absolute Gasteiger partial charge is 0.478 e. The Morgan fingerprint density at radius 2 is 1.89 bits per heavy atom. The van der Waals surface area contributed by atoms with Crippen molar-refractivity contribution in [3.63, 3.8) is 0 Å². The predicted molar refractivity (Wildman–Crippen MR) is 68.6 cm³/mol. The number of carboxylic acid groups (broad SMARTS) is 1. The topological polar surface area (TPSA) is 61.1 Å². The number of nitriles is 1. The zero-order valence-corrected chi connectivity index (χ0v) is 10.4. The van der Waals surface area contributed by atoms with Crippen molar-refractivity contribution in [2.75, 3.05) is 0 Å². The molecule has 0 aromatic heterocycles. The van der Waals surface area contributed by atoms with E-state index >= 15 is 0 Å². The minimum Gasteiger partial charge on any atom is -0.478 e. The van der Waals surface area contributed by atoms with Crippen molar-refractivity contribution < 1.29 is 14.3 Å². The number of rotatable bonds is 3. The van der Waals surface area contributed by atoms with Crippen molar-refractivity contribution in [3.8, 4) is 6.07 Å². The molecule has 0 bridgehead atoms. The van der Waals surface area contributed by atoms with Crippen LogP contribution in [0, 0.1) is 17.1 Å². The van der Waals surface area contributed by atoms with Crippen LogP contribution in [-0.4, -0.2) is 11.1 Å². The van der Waals surface area contributed by atoms with Gasteiger partial charge in [-0.2, -0.15) is 5.26 Å². The highest BCUT2D eigenvalue weighted by molar-refractivity contribution is 7.99. The summed E-state index contributed by atoms with van der Waals surface area (Å²) in [7, 11) is 0. The molecular weight excluding hydrogens is 265 g/mol. The SMILES string of the molecule is N#Cc1ccc(Sc2ccc(C(=O)O)cc2F)cc1. The summed E-state index contributed by atoms with van der Waals surface area (Å²) in [6.45, 7) is 0. The van der Waals surface area contributed by atoms with Crippen molar-refractivity contribution in [1.29, 1.82) is 5.26 Å². The Balaban J connectivity index is 2.23. The van der Waals surface area contributed by atoms with E-state index in [0.717, 1.165) is 11.0 Å². The molecule has 2 aromatic rings. The number of carboxylic acids is 1. The summed E-state index contributed by atoms with van der Waals surface area (Å²) >= 11 is 1.18. The molecule has 0 saturated heterocycles. The molecule has 0 spiro atoms. The smallest absolute Gasteiger partial charge is 0.335 e. The molecule has 0 unspecified atom stereocenters. The zero-order chi connectivity index (χ0) is 13.8. The lowest BCUT2D eigenvalue weighted by molar-refractivity contribution is 0.0696. The Morgan fingerprint density at radius 3 is 2.42 bits per heavy atom. The molecule has 0 heterocycles. The Hall–Kier alpha value is -2.32. The maximum absolute atomic E-state index is 13.7. The molecule has 0 amide bonds. The van der Waals surface area contributed by atoms with E-state index in [9.17, 15) is 9.18 Å². The minimum absolute atomic E-state index is 0.0818. The molecule has 0 aliphatic carbocycles. The molecule has 19 heavy (non-hydrogen) atoms. The highest BCUT2D eigenvalue weighted by Gasteiger charge is 2.09. The third kappa shape index (κ3) is 3.12. The van der Waals surface area contributed by atoms with Crippen LogP contribution in [0.5, 0.6) is 0 Å². The maximum Gasteiger partial charge on any atom is 0.335 e. The number of nitrogens with zero attached hydrogens (tertiary/aromatic N) is 1. The third-order valence-electron chi connectivity index (χ3n) is 2.39. The lowest BCUT2D eigenvalue weighted by Gasteiger charge is -2.04. The fourth-order valence-corrected chi connectivity index (χ4v) is 2.26. The Morgan fingerprint density at radius 1 is 1.21 bits per heavy atom. The van der Waals surface area contributed by atoms with Gasteiger partial charge in [0.2, 0.25) is 0 Å². The van der Waals surface area contributed by atoms with Crippen molar-refractivity contribution in [1.82, 2.24) is 0 Å². The normalized spacial score (nSPS) is 9.89. The number of benzene rings is 2. The van der Waals surface area contributed by atoms with Gasteiger partial charge in [-0.05, 0) is 42.5 Å². The molecule has 0 aliphatic rings. The van der Waals surface area contributed by atoms with E-state index in [1.165, 1.54) is 23.9 Å². The molecule has 5 heteroatoms. The second kappa shape index (κ2) is 5.55. The van der Waals surface area contributed by atoms with E-state index in [2.05, 4.69) is 0 Å². The van der Waals surface area contributed by atoms with Crippen LogP contribution in [0.3, 0.4) is 0 Å². The Kier molecular flexibility index (Phi) is 3.83. The summed E-state index contributed by atoms with van der Waals surface area (Å²) in [6.07, 6.45) is 0. The van der Waals surface area contributed by atoms with Gasteiger partial charge >= 0.3 is 5.97 Å². The van der Waals surface area contributed by atoms with Crippen LogP contribution in [0.25, 0.3) is 0 Å². The molecule has 0 radical (unpaired) electrons. The molecule has 3 nitrogen and oxygen atoms in total. The summed E-state index contributed by atoms with van der Waals surface area (Å²) in [5.41, 5.74) is 0.452. The van der Waals surface area contributed by atoms with Crippen molar-refractivity contribution in [3.05, 3.63) is 59.4 Å². The quantitative estimate of drug-likeness (QED) is 0.929. The van der Waals surface area contributed by atoms with E-state index in [-0.39, 0.29) is 5.56 Å². The number of halogens is 1. The first kappa shape index (κ1) is 13.1. The number of hydrogen-bond donors (Lipinski definition) is 1. The van der Waals surface area contributed by atoms with E-state index in [1.807, 2.05) is 6.07 Å². The monoisotopic (exact) mass is 273 g/mol. The lowest BCUT2D eigenvalue weighted by atomic mass is 10.2. The Labute approximate surface area is 113 Å². The van der Waals surface area contributed by atoms with Gasteiger partial charge in [0.05, 0.1) is 17.2 Å². The first-order valence-electron chi connectivity index (χ1n) is 5.31. The van der Waals surface area contributed by atoms with Gasteiger partial charge in [0, 0.05) is 9.79 Å². The van der Waals surface area contributed by atoms with Crippen LogP contribution in [0.1, 0.15) is 15.9 Å². The van der Waals surface area contributed by atoms with E-state index in [1.54, 1.807) is 24.3 Å². The molecule has 2 rings (SSSR count). The van der Waals surface area contributed by atoms with Gasteiger partial charge in [0.25, 0.3) is 0 Å². The van der Waals surface area contributed by atoms with Crippen LogP contribution in [0.15, 0.2) is 52.3 Å². The van der Waals surface area contributed by atoms with Crippen molar-refractivity contribution in [2.45, 2.75) is 9.79 Å². The summed E-state index contributed by atoms with van der Waals surface area (Å²) < 4.78 is 13.7. The second-order valence-corrected chi connectivity index (χ2v) is 4.80. The van der Waals surface area contributed by atoms with Crippen molar-refractivity contribution in [2.24, 2.45) is 0 Å². The number of hydrogen-bond acceptors (Lipinski definition) is 3. The van der Waals surface area contributed by atoms with E-state index < -0.39 is 11.8 Å². The lowest BCUT2D eigenvalue weighted by Crippen LogP contribution is -1.97. The predicted octanol–water partition coefficient (Wildman–Crippen LogP) is 3.55. The summed E-state index contributed by atoms with van der Waals surface area (Å²) in [6, 6.07) is 12.5. The van der Waals surface area contributed by atoms with Gasteiger partial charge in [-0.25, -0.2) is 9.18 Å². The third-order valence-corrected chi connectivity index (χ3v) is 3.45. The average Bonchev–Trinajstić information content (AvgIpc) is 2.41. The summed E-state index contributed by atoms with van der Waals surface area (Å²) in [5, 5.41) is 17.4. The molecule has 0 aliphatic heterocycles. The standard InChI is InChI=1S/C14H8FNO2S/c15-12-7-10(14(17)18)3-6-13(12)19-11-4-1-9(8-16)2-5-11/h1-7H,(H,17,18). The number of carbonyl (C=O) groups is 1. The van der Waals surface area contributed by atoms with Crippen LogP contribution in [0.4, 0.5) is 4.39 Å². The first-order valence-corrected chi connectivity index (χ1v) is 6.12. The molecule has 0 atom stereocenters. The molecule has 1 N–H and O–H groups in total. The highest BCUT2D eigenvalue weighted by Crippen LogP contribution is 2.30. The van der Waals surface area contributed by atoms with Crippen LogP contribution in [-0.2, 0) is 0 Å². The van der Waals surface area contributed by atoms with Crippen LogP contribution in [0.2, 0.25) is 0 Å². The van der Waals surface area contributed by atoms with Gasteiger partial charge in [-0.15, -0.1) is 0 Å². The Bertz CT molecular complexity index is 662. The number of aromatic carboxylic acids is 1. The van der Waals surface area contributed by atoms with Crippen LogP contribution >= 0.6 is 11.8 Å². The molecule has 2 aromatic carbocycles. The summed E-state index contributed by atoms with van der Waals surface area (Å²) in [5.74, 6) is -1.73. The molecule has 94 valence electrons. The molecule has 0 saturated carbocycles. The van der Waals surface area contributed by atoms with E-state index in [4.69, 9.17) is 10.4 Å². The fourth-order valence-electron chi connectivity index (χ4n) is 1.44. The average molecular weight is 273 g/mol. The van der Waals surface area contributed by atoms with Crippen LogP contribution < -0.4 is 0 Å². The minimum atomic E-state index is -1.16. The van der Waals surface area contributed by atoms with Gasteiger partial charge in [0.15, 0.2) is 0 Å². The second-order valence-electron chi connectivity index (χ2n) is 3.69. The van der Waals surface area contributed by atoms with Gasteiger partial charge in [-0.1, -0.05) is 11.8 Å². The van der Waals surface area contributed by atoms with Crippen molar-refractivity contribution >= 4 is 17.7 Å². The fraction of sp³-hybridized carbons (Fsp3) is 0. The highest BCUT2D eigenvalue weighted by atomic mass is 32.2. The molecular formula is C14H8FNO2S. The first-order chi connectivity index (χ1) is 9.10. The van der Waals surface area contributed by atoms with E-state index in [0.29, 0.717) is 10.5 Å².